The molecule has 0 heterocycles. The first-order valence-electron chi connectivity index (χ1n) is 2.97. The number of benzene rings is 1. The highest BCUT2D eigenvalue weighted by atomic mass is 79.9. The van der Waals surface area contributed by atoms with E-state index in [0.717, 1.165) is 10.0 Å². The third kappa shape index (κ3) is 1.44. The normalized spacial score (nSPS) is 10.1. The van der Waals surface area contributed by atoms with Gasteiger partial charge < -0.3 is 10.8 Å². The second-order valence-corrected chi connectivity index (χ2v) is 3.47. The van der Waals surface area contributed by atoms with Crippen LogP contribution in [0.3, 0.4) is 0 Å². The molecule has 3 N–H and O–H groups in total. The average molecular weight is 236 g/mol. The lowest BCUT2D eigenvalue weighted by Crippen LogP contribution is -1.88. The fourth-order valence-electron chi connectivity index (χ4n) is 0.722. The van der Waals surface area contributed by atoms with E-state index >= 15 is 0 Å². The van der Waals surface area contributed by atoms with Gasteiger partial charge in [0.15, 0.2) is 5.75 Å². The SMILES string of the molecule is Cc1c(Br)cc(N)c(O)c1Cl. The van der Waals surface area contributed by atoms with Gasteiger partial charge in [-0.3, -0.25) is 0 Å². The van der Waals surface area contributed by atoms with E-state index in [1.807, 2.05) is 0 Å². The van der Waals surface area contributed by atoms with E-state index in [4.69, 9.17) is 17.3 Å². The zero-order valence-corrected chi connectivity index (χ0v) is 8.20. The molecule has 0 fully saturated rings. The first-order valence-corrected chi connectivity index (χ1v) is 4.14. The van der Waals surface area contributed by atoms with Crippen molar-refractivity contribution in [1.82, 2.24) is 0 Å². The number of hydrogen-bond acceptors (Lipinski definition) is 2. The highest BCUT2D eigenvalue weighted by Gasteiger charge is 2.08. The van der Waals surface area contributed by atoms with Crippen LogP contribution in [0.2, 0.25) is 5.02 Å². The van der Waals surface area contributed by atoms with Gasteiger partial charge in [0.2, 0.25) is 0 Å². The van der Waals surface area contributed by atoms with E-state index in [9.17, 15) is 5.11 Å². The molecule has 0 aliphatic carbocycles. The van der Waals surface area contributed by atoms with Crippen LogP contribution >= 0.6 is 27.5 Å². The molecule has 0 unspecified atom stereocenters. The van der Waals surface area contributed by atoms with Crippen molar-refractivity contribution in [3.05, 3.63) is 21.1 Å². The highest BCUT2D eigenvalue weighted by Crippen LogP contribution is 2.36. The van der Waals surface area contributed by atoms with Crippen LogP contribution in [0.25, 0.3) is 0 Å². The average Bonchev–Trinajstić information content (AvgIpc) is 1.97. The molecule has 0 spiro atoms. The van der Waals surface area contributed by atoms with Gasteiger partial charge in [-0.15, -0.1) is 0 Å². The summed E-state index contributed by atoms with van der Waals surface area (Å²) >= 11 is 8.98. The second-order valence-electron chi connectivity index (χ2n) is 2.24. The van der Waals surface area contributed by atoms with Gasteiger partial charge in [-0.1, -0.05) is 27.5 Å². The van der Waals surface area contributed by atoms with E-state index in [1.54, 1.807) is 13.0 Å². The van der Waals surface area contributed by atoms with Crippen molar-refractivity contribution >= 4 is 33.2 Å². The van der Waals surface area contributed by atoms with Crippen molar-refractivity contribution in [2.45, 2.75) is 6.92 Å². The smallest absolute Gasteiger partial charge is 0.157 e. The molecule has 0 saturated carbocycles. The maximum Gasteiger partial charge on any atom is 0.157 e. The number of hydrogen-bond donors (Lipinski definition) is 2. The molecule has 1 aromatic carbocycles. The van der Waals surface area contributed by atoms with Crippen molar-refractivity contribution in [1.29, 1.82) is 0 Å². The summed E-state index contributed by atoms with van der Waals surface area (Å²) in [6.07, 6.45) is 0. The molecular weight excluding hydrogens is 229 g/mol. The molecule has 2 nitrogen and oxygen atoms in total. The Morgan fingerprint density at radius 1 is 1.64 bits per heavy atom. The largest absolute Gasteiger partial charge is 0.504 e. The summed E-state index contributed by atoms with van der Waals surface area (Å²) in [6, 6.07) is 1.62. The van der Waals surface area contributed by atoms with Gasteiger partial charge in [0.1, 0.15) is 0 Å². The Hall–Kier alpha value is -0.410. The molecular formula is C7H7BrClNO. The molecule has 0 aliphatic heterocycles. The van der Waals surface area contributed by atoms with Crippen LogP contribution in [0.5, 0.6) is 5.75 Å². The molecule has 4 heteroatoms. The lowest BCUT2D eigenvalue weighted by molar-refractivity contribution is 0.477. The maximum atomic E-state index is 9.23. The number of nitrogen functional groups attached to an aromatic ring is 1. The predicted molar refractivity (Wildman–Crippen MR) is 50.0 cm³/mol. The van der Waals surface area contributed by atoms with Gasteiger partial charge in [-0.05, 0) is 18.6 Å². The van der Waals surface area contributed by atoms with Crippen molar-refractivity contribution < 1.29 is 5.11 Å². The molecule has 0 amide bonds. The van der Waals surface area contributed by atoms with Crippen LogP contribution in [-0.4, -0.2) is 5.11 Å². The molecule has 1 aromatic rings. The van der Waals surface area contributed by atoms with E-state index in [-0.39, 0.29) is 11.4 Å². The fourth-order valence-corrected chi connectivity index (χ4v) is 1.49. The Morgan fingerprint density at radius 3 is 2.73 bits per heavy atom. The van der Waals surface area contributed by atoms with Gasteiger partial charge in [0.25, 0.3) is 0 Å². The zero-order chi connectivity index (χ0) is 8.59. The molecule has 0 bridgehead atoms. The monoisotopic (exact) mass is 235 g/mol. The molecule has 0 aromatic heterocycles. The standard InChI is InChI=1S/C7H7BrClNO/c1-3-4(8)2-5(10)7(11)6(3)9/h2,11H,10H2,1H3. The van der Waals surface area contributed by atoms with Crippen LogP contribution in [0.15, 0.2) is 10.5 Å². The van der Waals surface area contributed by atoms with Gasteiger partial charge >= 0.3 is 0 Å². The Bertz CT molecular complexity index is 275. The van der Waals surface area contributed by atoms with Crippen LogP contribution in [0, 0.1) is 6.92 Å². The highest BCUT2D eigenvalue weighted by molar-refractivity contribution is 9.10. The lowest BCUT2D eigenvalue weighted by atomic mass is 10.2. The summed E-state index contributed by atoms with van der Waals surface area (Å²) in [5, 5.41) is 9.54. The molecule has 0 aliphatic rings. The van der Waals surface area contributed by atoms with Gasteiger partial charge in [-0.25, -0.2) is 0 Å². The number of phenols is 1. The predicted octanol–water partition coefficient (Wildman–Crippen LogP) is 2.70. The van der Waals surface area contributed by atoms with Gasteiger partial charge in [-0.2, -0.15) is 0 Å². The number of rotatable bonds is 0. The van der Waals surface area contributed by atoms with Crippen molar-refractivity contribution in [3.8, 4) is 5.75 Å². The molecule has 0 atom stereocenters. The molecule has 1 rings (SSSR count). The zero-order valence-electron chi connectivity index (χ0n) is 5.86. The van der Waals surface area contributed by atoms with Crippen LogP contribution in [0.4, 0.5) is 5.69 Å². The summed E-state index contributed by atoms with van der Waals surface area (Å²) in [4.78, 5) is 0. The first kappa shape index (κ1) is 8.68. The topological polar surface area (TPSA) is 46.2 Å². The first-order chi connectivity index (χ1) is 5.04. The third-order valence-electron chi connectivity index (χ3n) is 1.45. The van der Waals surface area contributed by atoms with E-state index in [2.05, 4.69) is 15.9 Å². The number of nitrogens with two attached hydrogens (primary N) is 1. The Balaban J connectivity index is 3.46. The Morgan fingerprint density at radius 2 is 2.18 bits per heavy atom. The van der Waals surface area contributed by atoms with Crippen molar-refractivity contribution in [3.63, 3.8) is 0 Å². The minimum atomic E-state index is -0.0487. The summed E-state index contributed by atoms with van der Waals surface area (Å²) in [6.45, 7) is 1.80. The van der Waals surface area contributed by atoms with Crippen LogP contribution < -0.4 is 5.73 Å². The third-order valence-corrected chi connectivity index (χ3v) is 2.74. The molecule has 0 saturated heterocycles. The van der Waals surface area contributed by atoms with E-state index in [1.165, 1.54) is 0 Å². The van der Waals surface area contributed by atoms with Crippen molar-refractivity contribution in [2.24, 2.45) is 0 Å². The van der Waals surface area contributed by atoms with E-state index < -0.39 is 0 Å². The number of anilines is 1. The summed E-state index contributed by atoms with van der Waals surface area (Å²) in [7, 11) is 0. The van der Waals surface area contributed by atoms with Gasteiger partial charge in [0, 0.05) is 4.47 Å². The van der Waals surface area contributed by atoms with Crippen LogP contribution in [-0.2, 0) is 0 Å². The Kier molecular flexibility index (Phi) is 2.30. The lowest BCUT2D eigenvalue weighted by Gasteiger charge is -2.05. The number of phenolic OH excluding ortho intramolecular Hbond substituents is 1. The van der Waals surface area contributed by atoms with Gasteiger partial charge in [0.05, 0.1) is 10.7 Å². The Labute approximate surface area is 78.1 Å². The molecule has 11 heavy (non-hydrogen) atoms. The summed E-state index contributed by atoms with van der Waals surface area (Å²) in [5.74, 6) is -0.0487. The molecule has 60 valence electrons. The minimum absolute atomic E-state index is 0.0487. The minimum Gasteiger partial charge on any atom is -0.504 e. The second kappa shape index (κ2) is 2.91. The van der Waals surface area contributed by atoms with Crippen molar-refractivity contribution in [2.75, 3.05) is 5.73 Å². The van der Waals surface area contributed by atoms with E-state index in [0.29, 0.717) is 5.02 Å². The number of halogens is 2. The number of aromatic hydroxyl groups is 1. The maximum absolute atomic E-state index is 9.23. The quantitative estimate of drug-likeness (QED) is 0.537. The fraction of sp³-hybridized carbons (Fsp3) is 0.143. The summed E-state index contributed by atoms with van der Waals surface area (Å²) in [5.41, 5.74) is 6.50. The molecule has 0 radical (unpaired) electrons. The summed E-state index contributed by atoms with van der Waals surface area (Å²) < 4.78 is 0.804. The van der Waals surface area contributed by atoms with Crippen LogP contribution in [0.1, 0.15) is 5.56 Å².